The summed E-state index contributed by atoms with van der Waals surface area (Å²) in [6, 6.07) is 13.7. The summed E-state index contributed by atoms with van der Waals surface area (Å²) in [6.45, 7) is 8.84. The fourth-order valence-corrected chi connectivity index (χ4v) is 6.83. The Morgan fingerprint density at radius 2 is 1.80 bits per heavy atom. The van der Waals surface area contributed by atoms with E-state index in [1.54, 1.807) is 24.5 Å². The third-order valence-electron chi connectivity index (χ3n) is 7.93. The Morgan fingerprint density at radius 3 is 2.49 bits per heavy atom. The second-order valence-corrected chi connectivity index (χ2v) is 13.5. The molecule has 4 heterocycles. The summed E-state index contributed by atoms with van der Waals surface area (Å²) in [7, 11) is 0. The van der Waals surface area contributed by atoms with E-state index in [9.17, 15) is 9.65 Å². The largest absolute Gasteiger partial charge is 0.373 e. The molecular weight excluding hydrogens is 612 g/mol. The summed E-state index contributed by atoms with van der Waals surface area (Å²) in [5.41, 5.74) is 3.92. The SMILES string of the molecule is CC1(C)CC(n2cc(C(Nc3cc(Cl)c4ncc(C#N)c(Nc5ccc(F)c(Cl)c5)c4c3)c3cccnc3)nn2)CC(C)(C)N1. The van der Waals surface area contributed by atoms with Crippen molar-refractivity contribution >= 4 is 51.2 Å². The highest BCUT2D eigenvalue weighted by atomic mass is 35.5. The lowest BCUT2D eigenvalue weighted by Crippen LogP contribution is -2.58. The van der Waals surface area contributed by atoms with E-state index in [-0.39, 0.29) is 27.7 Å². The van der Waals surface area contributed by atoms with Gasteiger partial charge in [-0.15, -0.1) is 5.10 Å². The average Bonchev–Trinajstić information content (AvgIpc) is 3.47. The summed E-state index contributed by atoms with van der Waals surface area (Å²) in [5, 5.41) is 30.6. The molecule has 0 radical (unpaired) electrons. The molecule has 12 heteroatoms. The van der Waals surface area contributed by atoms with E-state index in [1.807, 2.05) is 29.1 Å². The number of nitriles is 1. The Morgan fingerprint density at radius 1 is 1.04 bits per heavy atom. The fraction of sp³-hybridized carbons (Fsp3) is 0.303. The van der Waals surface area contributed by atoms with E-state index in [0.717, 1.165) is 24.1 Å². The Labute approximate surface area is 270 Å². The Hall–Kier alpha value is -4.30. The number of hydrogen-bond acceptors (Lipinski definition) is 8. The van der Waals surface area contributed by atoms with Crippen molar-refractivity contribution in [1.82, 2.24) is 30.3 Å². The van der Waals surface area contributed by atoms with E-state index in [2.05, 4.69) is 70.0 Å². The minimum Gasteiger partial charge on any atom is -0.373 e. The molecule has 0 bridgehead atoms. The molecule has 3 N–H and O–H groups in total. The van der Waals surface area contributed by atoms with Crippen LogP contribution in [0.15, 0.2) is 67.3 Å². The number of nitrogens with zero attached hydrogens (tertiary/aromatic N) is 6. The lowest BCUT2D eigenvalue weighted by Gasteiger charge is -2.46. The van der Waals surface area contributed by atoms with Crippen molar-refractivity contribution in [2.75, 3.05) is 10.6 Å². The molecule has 9 nitrogen and oxygen atoms in total. The van der Waals surface area contributed by atoms with Gasteiger partial charge in [-0.05, 0) is 82.5 Å². The van der Waals surface area contributed by atoms with Crippen LogP contribution in [0.2, 0.25) is 10.0 Å². The standard InChI is InChI=1S/C33H32Cl2FN9/c1-32(2)13-23(14-33(3,4)43-32)45-18-28(42-44-45)30(19-6-5-9-38-16-19)41-22-10-24-29(40-21-7-8-27(36)25(34)11-21)20(15-37)17-39-31(24)26(35)12-22/h5-12,16-18,23,30,41,43H,13-14H2,1-4H3,(H,39,40). The van der Waals surface area contributed by atoms with Crippen LogP contribution < -0.4 is 16.0 Å². The number of piperidine rings is 1. The smallest absolute Gasteiger partial charge is 0.141 e. The first-order valence-electron chi connectivity index (χ1n) is 14.5. The molecule has 1 saturated heterocycles. The monoisotopic (exact) mass is 643 g/mol. The summed E-state index contributed by atoms with van der Waals surface area (Å²) in [6.07, 6.45) is 8.78. The highest BCUT2D eigenvalue weighted by Gasteiger charge is 2.39. The zero-order chi connectivity index (χ0) is 31.9. The van der Waals surface area contributed by atoms with Gasteiger partial charge in [0.05, 0.1) is 45.1 Å². The van der Waals surface area contributed by atoms with E-state index in [4.69, 9.17) is 23.2 Å². The van der Waals surface area contributed by atoms with Crippen LogP contribution in [-0.4, -0.2) is 36.0 Å². The quantitative estimate of drug-likeness (QED) is 0.163. The van der Waals surface area contributed by atoms with E-state index < -0.39 is 11.9 Å². The van der Waals surface area contributed by atoms with Crippen molar-refractivity contribution in [3.63, 3.8) is 0 Å². The highest BCUT2D eigenvalue weighted by Crippen LogP contribution is 2.38. The molecule has 0 aliphatic carbocycles. The maximum absolute atomic E-state index is 13.9. The molecule has 230 valence electrons. The van der Waals surface area contributed by atoms with E-state index >= 15 is 0 Å². The van der Waals surface area contributed by atoms with Gasteiger partial charge in [0.2, 0.25) is 0 Å². The topological polar surface area (TPSA) is 116 Å². The van der Waals surface area contributed by atoms with E-state index in [1.165, 1.54) is 18.3 Å². The normalized spacial score (nSPS) is 16.7. The first-order chi connectivity index (χ1) is 21.4. The van der Waals surface area contributed by atoms with E-state index in [0.29, 0.717) is 33.0 Å². The first kappa shape index (κ1) is 30.7. The van der Waals surface area contributed by atoms with Crippen LogP contribution >= 0.6 is 23.2 Å². The molecule has 5 aromatic rings. The third-order valence-corrected chi connectivity index (χ3v) is 8.51. The lowest BCUT2D eigenvalue weighted by molar-refractivity contribution is 0.125. The zero-order valence-electron chi connectivity index (χ0n) is 25.2. The van der Waals surface area contributed by atoms with Gasteiger partial charge in [-0.1, -0.05) is 34.5 Å². The molecule has 1 aliphatic rings. The molecule has 1 fully saturated rings. The molecule has 3 aromatic heterocycles. The van der Waals surface area contributed by atoms with Crippen LogP contribution in [-0.2, 0) is 0 Å². The first-order valence-corrected chi connectivity index (χ1v) is 15.3. The van der Waals surface area contributed by atoms with Crippen molar-refractivity contribution in [3.8, 4) is 6.07 Å². The molecule has 0 saturated carbocycles. The molecule has 45 heavy (non-hydrogen) atoms. The van der Waals surface area contributed by atoms with Gasteiger partial charge in [0.15, 0.2) is 0 Å². The maximum Gasteiger partial charge on any atom is 0.141 e. The number of hydrogen-bond donors (Lipinski definition) is 3. The second-order valence-electron chi connectivity index (χ2n) is 12.7. The number of halogens is 3. The number of rotatable bonds is 7. The van der Waals surface area contributed by atoms with Gasteiger partial charge >= 0.3 is 0 Å². The number of pyridine rings is 2. The van der Waals surface area contributed by atoms with Crippen LogP contribution in [0.4, 0.5) is 21.5 Å². The Kier molecular flexibility index (Phi) is 8.12. The van der Waals surface area contributed by atoms with Gasteiger partial charge in [0, 0.05) is 46.4 Å². The molecule has 0 amide bonds. The minimum atomic E-state index is -0.539. The molecule has 1 aliphatic heterocycles. The van der Waals surface area contributed by atoms with Crippen molar-refractivity contribution in [2.45, 2.75) is 63.7 Å². The van der Waals surface area contributed by atoms with Gasteiger partial charge in [0.1, 0.15) is 17.6 Å². The molecule has 1 unspecified atom stereocenters. The molecule has 0 spiro atoms. The van der Waals surface area contributed by atoms with Gasteiger partial charge in [-0.25, -0.2) is 9.07 Å². The van der Waals surface area contributed by atoms with Crippen molar-refractivity contribution in [2.24, 2.45) is 0 Å². The van der Waals surface area contributed by atoms with Gasteiger partial charge in [0.25, 0.3) is 0 Å². The number of fused-ring (bicyclic) bond motifs is 1. The summed E-state index contributed by atoms with van der Waals surface area (Å²) >= 11 is 12.8. The number of nitrogens with one attached hydrogen (secondary N) is 3. The predicted octanol–water partition coefficient (Wildman–Crippen LogP) is 7.97. The molecule has 6 rings (SSSR count). The summed E-state index contributed by atoms with van der Waals surface area (Å²) in [4.78, 5) is 8.80. The number of aromatic nitrogens is 5. The summed E-state index contributed by atoms with van der Waals surface area (Å²) < 4.78 is 15.8. The molecule has 2 aromatic carbocycles. The van der Waals surface area contributed by atoms with Crippen LogP contribution in [0.25, 0.3) is 10.9 Å². The molecule has 1 atom stereocenters. The van der Waals surface area contributed by atoms with Crippen LogP contribution in [0.3, 0.4) is 0 Å². The van der Waals surface area contributed by atoms with Crippen molar-refractivity contribution in [3.05, 3.63) is 99.9 Å². The van der Waals surface area contributed by atoms with Gasteiger partial charge in [-0.2, -0.15) is 5.26 Å². The van der Waals surface area contributed by atoms with Gasteiger partial charge < -0.3 is 16.0 Å². The second kappa shape index (κ2) is 11.9. The fourth-order valence-electron chi connectivity index (χ4n) is 6.38. The molecular formula is C33H32Cl2FN9. The van der Waals surface area contributed by atoms with Gasteiger partial charge in [-0.3, -0.25) is 9.97 Å². The Bertz CT molecular complexity index is 1900. The Balaban J connectivity index is 1.39. The zero-order valence-corrected chi connectivity index (χ0v) is 26.7. The highest BCUT2D eigenvalue weighted by molar-refractivity contribution is 6.36. The maximum atomic E-state index is 13.9. The lowest BCUT2D eigenvalue weighted by atomic mass is 9.80. The number of benzene rings is 2. The van der Waals surface area contributed by atoms with Crippen molar-refractivity contribution < 1.29 is 4.39 Å². The third kappa shape index (κ3) is 6.57. The number of anilines is 3. The van der Waals surface area contributed by atoms with Crippen LogP contribution in [0.1, 0.15) is 69.4 Å². The van der Waals surface area contributed by atoms with Crippen LogP contribution in [0, 0.1) is 17.1 Å². The average molecular weight is 645 g/mol. The van der Waals surface area contributed by atoms with Crippen molar-refractivity contribution in [1.29, 1.82) is 5.26 Å². The minimum absolute atomic E-state index is 0.0405. The van der Waals surface area contributed by atoms with Crippen LogP contribution in [0.5, 0.6) is 0 Å². The summed E-state index contributed by atoms with van der Waals surface area (Å²) in [5.74, 6) is -0.539. The predicted molar refractivity (Wildman–Crippen MR) is 175 cm³/mol.